The quantitative estimate of drug-likeness (QED) is 0.238. The third-order valence-electron chi connectivity index (χ3n) is 3.86. The Hall–Kier alpha value is -0.570. The van der Waals surface area contributed by atoms with E-state index < -0.39 is 0 Å². The van der Waals surface area contributed by atoms with Crippen molar-refractivity contribution >= 4 is 35.8 Å². The largest absolute Gasteiger partial charge is 0.357 e. The molecule has 0 aliphatic carbocycles. The van der Waals surface area contributed by atoms with Gasteiger partial charge in [-0.1, -0.05) is 27.2 Å². The zero-order valence-corrected chi connectivity index (χ0v) is 18.1. The number of halogens is 1. The minimum absolute atomic E-state index is 0. The number of amides is 1. The first-order valence-corrected chi connectivity index (χ1v) is 8.96. The molecule has 24 heavy (non-hydrogen) atoms. The van der Waals surface area contributed by atoms with Gasteiger partial charge < -0.3 is 20.9 Å². The second-order valence-electron chi connectivity index (χ2n) is 7.10. The molecular weight excluding hydrogens is 417 g/mol. The van der Waals surface area contributed by atoms with Crippen molar-refractivity contribution in [1.29, 1.82) is 0 Å². The lowest BCUT2D eigenvalue weighted by molar-refractivity contribution is -0.128. The smallest absolute Gasteiger partial charge is 0.225 e. The van der Waals surface area contributed by atoms with E-state index in [1.165, 1.54) is 32.4 Å². The number of likely N-dealkylation sites (tertiary alicyclic amines) is 1. The van der Waals surface area contributed by atoms with Crippen LogP contribution in [0.5, 0.6) is 0 Å². The van der Waals surface area contributed by atoms with Gasteiger partial charge in [0.25, 0.3) is 0 Å². The third kappa shape index (κ3) is 10.3. The maximum atomic E-state index is 11.8. The first-order chi connectivity index (χ1) is 10.9. The van der Waals surface area contributed by atoms with E-state index in [0.29, 0.717) is 13.1 Å². The first-order valence-electron chi connectivity index (χ1n) is 8.96. The van der Waals surface area contributed by atoms with Gasteiger partial charge in [-0.05, 0) is 32.9 Å². The van der Waals surface area contributed by atoms with E-state index in [9.17, 15) is 4.79 Å². The summed E-state index contributed by atoms with van der Waals surface area (Å²) in [4.78, 5) is 18.9. The van der Waals surface area contributed by atoms with E-state index in [4.69, 9.17) is 0 Å². The van der Waals surface area contributed by atoms with Gasteiger partial charge in [-0.25, -0.2) is 0 Å². The van der Waals surface area contributed by atoms with Crippen molar-refractivity contribution in [3.8, 4) is 0 Å². The number of hydrogen-bond acceptors (Lipinski definition) is 3. The van der Waals surface area contributed by atoms with Gasteiger partial charge >= 0.3 is 0 Å². The molecule has 1 fully saturated rings. The molecule has 1 aliphatic rings. The zero-order valence-electron chi connectivity index (χ0n) is 15.8. The Labute approximate surface area is 164 Å². The van der Waals surface area contributed by atoms with Gasteiger partial charge in [-0.2, -0.15) is 0 Å². The number of carbonyl (C=O) groups is 1. The number of piperidine rings is 1. The molecule has 1 saturated heterocycles. The second kappa shape index (κ2) is 12.7. The van der Waals surface area contributed by atoms with Crippen molar-refractivity contribution in [2.75, 3.05) is 45.8 Å². The van der Waals surface area contributed by atoms with Crippen LogP contribution < -0.4 is 16.0 Å². The average Bonchev–Trinajstić information content (AvgIpc) is 2.51. The number of hydrogen-bond donors (Lipinski definition) is 3. The van der Waals surface area contributed by atoms with Crippen LogP contribution in [0.2, 0.25) is 0 Å². The Bertz CT molecular complexity index is 376. The van der Waals surface area contributed by atoms with Crippen molar-refractivity contribution < 1.29 is 4.79 Å². The normalized spacial score (nSPS) is 16.2. The van der Waals surface area contributed by atoms with E-state index in [0.717, 1.165) is 25.6 Å². The Kier molecular flexibility index (Phi) is 12.4. The van der Waals surface area contributed by atoms with Crippen LogP contribution in [0.3, 0.4) is 0 Å². The van der Waals surface area contributed by atoms with E-state index in [-0.39, 0.29) is 35.3 Å². The Balaban J connectivity index is 0.00000529. The van der Waals surface area contributed by atoms with Gasteiger partial charge in [0, 0.05) is 31.6 Å². The van der Waals surface area contributed by atoms with Crippen LogP contribution in [0.15, 0.2) is 4.99 Å². The molecule has 1 amide bonds. The fourth-order valence-electron chi connectivity index (χ4n) is 2.45. The molecule has 1 rings (SSSR count). The van der Waals surface area contributed by atoms with E-state index in [1.807, 2.05) is 20.8 Å². The lowest BCUT2D eigenvalue weighted by atomic mass is 9.96. The van der Waals surface area contributed by atoms with Gasteiger partial charge in [0.1, 0.15) is 0 Å². The minimum atomic E-state index is -0.340. The zero-order chi connectivity index (χ0) is 17.1. The molecule has 142 valence electrons. The van der Waals surface area contributed by atoms with Crippen LogP contribution in [0.4, 0.5) is 0 Å². The molecule has 0 aromatic heterocycles. The monoisotopic (exact) mass is 453 g/mol. The highest BCUT2D eigenvalue weighted by atomic mass is 127. The molecule has 0 saturated carbocycles. The SMILES string of the molecule is CCNC(=NCCN1CCCCC1)NCCNC(=O)C(C)(C)C.I. The molecule has 0 radical (unpaired) electrons. The predicted octanol–water partition coefficient (Wildman–Crippen LogP) is 1.81. The number of nitrogens with one attached hydrogen (secondary N) is 3. The average molecular weight is 453 g/mol. The molecule has 0 atom stereocenters. The highest BCUT2D eigenvalue weighted by molar-refractivity contribution is 14.0. The summed E-state index contributed by atoms with van der Waals surface area (Å²) in [6, 6.07) is 0. The highest BCUT2D eigenvalue weighted by Gasteiger charge is 2.20. The summed E-state index contributed by atoms with van der Waals surface area (Å²) in [7, 11) is 0. The topological polar surface area (TPSA) is 68.8 Å². The van der Waals surface area contributed by atoms with Gasteiger partial charge in [-0.15, -0.1) is 24.0 Å². The Morgan fingerprint density at radius 2 is 1.67 bits per heavy atom. The number of carbonyl (C=O) groups excluding carboxylic acids is 1. The van der Waals surface area contributed by atoms with E-state index >= 15 is 0 Å². The van der Waals surface area contributed by atoms with Crippen LogP contribution in [0.25, 0.3) is 0 Å². The maximum Gasteiger partial charge on any atom is 0.225 e. The summed E-state index contributed by atoms with van der Waals surface area (Å²) >= 11 is 0. The summed E-state index contributed by atoms with van der Waals surface area (Å²) in [5.41, 5.74) is -0.340. The maximum absolute atomic E-state index is 11.8. The number of aliphatic imine (C=N–C) groups is 1. The fraction of sp³-hybridized carbons (Fsp3) is 0.882. The summed E-state index contributed by atoms with van der Waals surface area (Å²) in [5.74, 6) is 0.904. The van der Waals surface area contributed by atoms with E-state index in [2.05, 4.69) is 32.8 Å². The van der Waals surface area contributed by atoms with Gasteiger partial charge in [0.05, 0.1) is 6.54 Å². The molecule has 0 bridgehead atoms. The molecule has 3 N–H and O–H groups in total. The summed E-state index contributed by atoms with van der Waals surface area (Å²) in [5, 5.41) is 9.45. The minimum Gasteiger partial charge on any atom is -0.357 e. The summed E-state index contributed by atoms with van der Waals surface area (Å²) < 4.78 is 0. The van der Waals surface area contributed by atoms with Crippen molar-refractivity contribution in [2.24, 2.45) is 10.4 Å². The summed E-state index contributed by atoms with van der Waals surface area (Å²) in [6.45, 7) is 14.2. The fourth-order valence-corrected chi connectivity index (χ4v) is 2.45. The van der Waals surface area contributed by atoms with Crippen LogP contribution in [0.1, 0.15) is 47.0 Å². The molecular formula is C17H36IN5O. The molecule has 7 heteroatoms. The van der Waals surface area contributed by atoms with Crippen LogP contribution >= 0.6 is 24.0 Å². The van der Waals surface area contributed by atoms with Crippen LogP contribution in [0, 0.1) is 5.41 Å². The van der Waals surface area contributed by atoms with Crippen molar-refractivity contribution in [2.45, 2.75) is 47.0 Å². The third-order valence-corrected chi connectivity index (χ3v) is 3.86. The summed E-state index contributed by atoms with van der Waals surface area (Å²) in [6.07, 6.45) is 4.00. The second-order valence-corrected chi connectivity index (χ2v) is 7.10. The predicted molar refractivity (Wildman–Crippen MR) is 112 cm³/mol. The van der Waals surface area contributed by atoms with Crippen molar-refractivity contribution in [3.63, 3.8) is 0 Å². The Morgan fingerprint density at radius 1 is 1.04 bits per heavy atom. The van der Waals surface area contributed by atoms with E-state index in [1.54, 1.807) is 0 Å². The molecule has 0 unspecified atom stereocenters. The number of guanidine groups is 1. The highest BCUT2D eigenvalue weighted by Crippen LogP contribution is 2.11. The molecule has 6 nitrogen and oxygen atoms in total. The molecule has 0 aromatic rings. The van der Waals surface area contributed by atoms with Gasteiger partial charge in [0.2, 0.25) is 5.91 Å². The molecule has 1 heterocycles. The molecule has 0 spiro atoms. The number of rotatable bonds is 7. The van der Waals surface area contributed by atoms with Crippen LogP contribution in [-0.2, 0) is 4.79 Å². The Morgan fingerprint density at radius 3 is 2.25 bits per heavy atom. The van der Waals surface area contributed by atoms with Crippen molar-refractivity contribution in [1.82, 2.24) is 20.9 Å². The molecule has 1 aliphatic heterocycles. The first kappa shape index (κ1) is 23.4. The van der Waals surface area contributed by atoms with Gasteiger partial charge in [0.15, 0.2) is 5.96 Å². The van der Waals surface area contributed by atoms with Crippen LogP contribution in [-0.4, -0.2) is 62.6 Å². The van der Waals surface area contributed by atoms with Crippen molar-refractivity contribution in [3.05, 3.63) is 0 Å². The number of nitrogens with zero attached hydrogens (tertiary/aromatic N) is 2. The standard InChI is InChI=1S/C17H35N5O.HI/c1-5-18-16(20-10-9-19-15(23)17(2,3)4)21-11-14-22-12-7-6-8-13-22;/h5-14H2,1-4H3,(H,19,23)(H2,18,20,21);1H. The lowest BCUT2D eigenvalue weighted by Gasteiger charge is -2.25. The van der Waals surface area contributed by atoms with Gasteiger partial charge in [-0.3, -0.25) is 9.79 Å². The lowest BCUT2D eigenvalue weighted by Crippen LogP contribution is -2.43. The molecule has 0 aromatic carbocycles.